The van der Waals surface area contributed by atoms with Crippen molar-refractivity contribution in [3.8, 4) is 11.5 Å². The van der Waals surface area contributed by atoms with Crippen molar-refractivity contribution >= 4 is 86.3 Å². The standard InChI is InChI=1S/C19H24FIN2O6.C19H26FIN2O4/c1-10(2)18(19(28)22-13(8-17(26)27)14(24)9-20)23-16(25)7-11-6-12(21)4-5-15(11)29-3;1-5-14(15(24)10-20)22-19(26)18(11(2)3)23-17(25)9-12-8-13(21)6-7-16(12)27-4/h4-6,10,13,18H,7-9H2,1-3H3,(H,22,28)(H,23,25)(H,26,27);6-8,11,14,18H,5,9-10H2,1-4H3,(H,22,26)(H,23,25)/t13?,18-;14?,18-/m00/s1. The molecule has 14 nitrogen and oxygen atoms in total. The summed E-state index contributed by atoms with van der Waals surface area (Å²) in [5, 5.41) is 18.9. The Balaban J connectivity index is 0.000000561. The van der Waals surface area contributed by atoms with Crippen LogP contribution >= 0.6 is 45.2 Å². The van der Waals surface area contributed by atoms with Gasteiger partial charge in [-0.15, -0.1) is 0 Å². The van der Waals surface area contributed by atoms with Crippen molar-refractivity contribution in [2.45, 2.75) is 84.5 Å². The van der Waals surface area contributed by atoms with Gasteiger partial charge in [0.15, 0.2) is 11.6 Å². The highest BCUT2D eigenvalue weighted by atomic mass is 127. The normalized spacial score (nSPS) is 12.9. The molecular weight excluding hydrogens is 964 g/mol. The zero-order valence-corrected chi connectivity index (χ0v) is 36.6. The van der Waals surface area contributed by atoms with Gasteiger partial charge in [-0.2, -0.15) is 0 Å². The van der Waals surface area contributed by atoms with Crippen LogP contribution in [0.25, 0.3) is 0 Å². The first kappa shape index (κ1) is 50.1. The number of carboxylic acids is 1. The topological polar surface area (TPSA) is 206 Å². The zero-order chi connectivity index (χ0) is 42.7. The van der Waals surface area contributed by atoms with E-state index in [1.807, 2.05) is 18.2 Å². The molecule has 2 unspecified atom stereocenters. The van der Waals surface area contributed by atoms with Crippen LogP contribution < -0.4 is 30.7 Å². The second kappa shape index (κ2) is 25.3. The van der Waals surface area contributed by atoms with Crippen LogP contribution in [-0.2, 0) is 46.4 Å². The van der Waals surface area contributed by atoms with E-state index >= 15 is 0 Å². The highest BCUT2D eigenvalue weighted by Gasteiger charge is 2.31. The highest BCUT2D eigenvalue weighted by molar-refractivity contribution is 14.1. The Morgan fingerprint density at radius 1 is 0.661 bits per heavy atom. The second-order valence-corrected chi connectivity index (χ2v) is 15.7. The molecule has 2 aromatic rings. The van der Waals surface area contributed by atoms with Crippen LogP contribution in [0.3, 0.4) is 0 Å². The number of carbonyl (C=O) groups excluding carboxylic acids is 6. The molecule has 0 spiro atoms. The van der Waals surface area contributed by atoms with Crippen molar-refractivity contribution in [3.63, 3.8) is 0 Å². The Kier molecular flexibility index (Phi) is 22.6. The summed E-state index contributed by atoms with van der Waals surface area (Å²) in [6.45, 7) is 6.08. The van der Waals surface area contributed by atoms with E-state index in [4.69, 9.17) is 14.6 Å². The average Bonchev–Trinajstić information content (AvgIpc) is 3.13. The fourth-order valence-corrected chi connectivity index (χ4v) is 6.29. The van der Waals surface area contributed by atoms with Gasteiger partial charge in [0.25, 0.3) is 0 Å². The van der Waals surface area contributed by atoms with Crippen molar-refractivity contribution in [3.05, 3.63) is 54.7 Å². The predicted molar refractivity (Wildman–Crippen MR) is 221 cm³/mol. The monoisotopic (exact) mass is 1010 g/mol. The largest absolute Gasteiger partial charge is 0.496 e. The Morgan fingerprint density at radius 3 is 1.36 bits per heavy atom. The maximum absolute atomic E-state index is 12.7. The molecule has 310 valence electrons. The molecule has 0 radical (unpaired) electrons. The summed E-state index contributed by atoms with van der Waals surface area (Å²) < 4.78 is 37.7. The van der Waals surface area contributed by atoms with Crippen LogP contribution in [0.1, 0.15) is 58.6 Å². The fraction of sp³-hybridized carbons (Fsp3) is 0.500. The Bertz CT molecular complexity index is 1700. The third-order valence-corrected chi connectivity index (χ3v) is 9.52. The van der Waals surface area contributed by atoms with E-state index in [1.54, 1.807) is 52.8 Å². The summed E-state index contributed by atoms with van der Waals surface area (Å²) in [5.41, 5.74) is 1.35. The average molecular weight is 1010 g/mol. The molecule has 0 bridgehead atoms. The number of ketones is 2. The summed E-state index contributed by atoms with van der Waals surface area (Å²) in [5.74, 6) is -4.56. The first-order chi connectivity index (χ1) is 26.3. The predicted octanol–water partition coefficient (Wildman–Crippen LogP) is 3.90. The van der Waals surface area contributed by atoms with Gasteiger partial charge in [-0.25, -0.2) is 8.78 Å². The Labute approximate surface area is 352 Å². The van der Waals surface area contributed by atoms with Crippen LogP contribution in [0.2, 0.25) is 0 Å². The minimum absolute atomic E-state index is 0.0432. The van der Waals surface area contributed by atoms with Crippen LogP contribution in [-0.4, -0.2) is 98.0 Å². The maximum Gasteiger partial charge on any atom is 0.305 e. The van der Waals surface area contributed by atoms with E-state index in [0.29, 0.717) is 22.6 Å². The number of amides is 4. The first-order valence-corrected chi connectivity index (χ1v) is 19.7. The van der Waals surface area contributed by atoms with E-state index in [9.17, 15) is 42.3 Å². The lowest BCUT2D eigenvalue weighted by atomic mass is 10.0. The van der Waals surface area contributed by atoms with Crippen molar-refractivity contribution in [1.29, 1.82) is 0 Å². The third-order valence-electron chi connectivity index (χ3n) is 8.18. The molecule has 2 aromatic carbocycles. The van der Waals surface area contributed by atoms with E-state index in [1.165, 1.54) is 14.2 Å². The minimum atomic E-state index is -1.50. The van der Waals surface area contributed by atoms with E-state index < -0.39 is 79.2 Å². The quantitative estimate of drug-likeness (QED) is 0.114. The number of nitrogens with one attached hydrogen (secondary N) is 4. The smallest absolute Gasteiger partial charge is 0.305 e. The molecule has 5 N–H and O–H groups in total. The maximum atomic E-state index is 12.7. The number of carbonyl (C=O) groups is 7. The molecule has 4 atom stereocenters. The number of methoxy groups -OCH3 is 2. The van der Waals surface area contributed by atoms with E-state index in [-0.39, 0.29) is 37.0 Å². The van der Waals surface area contributed by atoms with Crippen LogP contribution in [0.15, 0.2) is 36.4 Å². The summed E-state index contributed by atoms with van der Waals surface area (Å²) in [6.07, 6.45) is -0.449. The number of benzene rings is 2. The molecule has 4 amide bonds. The van der Waals surface area contributed by atoms with Crippen molar-refractivity contribution in [2.75, 3.05) is 27.6 Å². The van der Waals surface area contributed by atoms with Gasteiger partial charge in [-0.05, 0) is 99.8 Å². The molecule has 0 saturated carbocycles. The summed E-state index contributed by atoms with van der Waals surface area (Å²) in [6, 6.07) is 6.60. The number of rotatable bonds is 21. The van der Waals surface area contributed by atoms with Crippen molar-refractivity contribution in [1.82, 2.24) is 21.3 Å². The van der Waals surface area contributed by atoms with Gasteiger partial charge < -0.3 is 35.8 Å². The van der Waals surface area contributed by atoms with Crippen LogP contribution in [0.5, 0.6) is 11.5 Å². The lowest BCUT2D eigenvalue weighted by Crippen LogP contribution is -2.54. The molecule has 56 heavy (non-hydrogen) atoms. The number of Topliss-reactive ketones (excluding diaryl/α,β-unsaturated/α-hetero) is 2. The number of hydrogen-bond acceptors (Lipinski definition) is 9. The number of halogens is 4. The van der Waals surface area contributed by atoms with Gasteiger partial charge in [0, 0.05) is 18.3 Å². The van der Waals surface area contributed by atoms with Gasteiger partial charge >= 0.3 is 5.97 Å². The molecule has 0 aromatic heterocycles. The zero-order valence-electron chi connectivity index (χ0n) is 32.3. The number of ether oxygens (including phenoxy) is 2. The number of hydrogen-bond donors (Lipinski definition) is 5. The van der Waals surface area contributed by atoms with E-state index in [2.05, 4.69) is 66.4 Å². The van der Waals surface area contributed by atoms with Gasteiger partial charge in [-0.3, -0.25) is 33.6 Å². The van der Waals surface area contributed by atoms with Crippen LogP contribution in [0.4, 0.5) is 8.78 Å². The SMILES string of the molecule is CCC(NC(=O)[C@@H](NC(=O)Cc1cc(I)ccc1OC)C(C)C)C(=O)CF.COc1ccc(I)cc1CC(=O)N[C@H](C(=O)NC(CC(=O)O)C(=O)CF)C(C)C. The molecule has 0 aliphatic heterocycles. The van der Waals surface area contributed by atoms with Crippen molar-refractivity contribution < 1.29 is 56.9 Å². The van der Waals surface area contributed by atoms with Crippen LogP contribution in [0, 0.1) is 19.0 Å². The van der Waals surface area contributed by atoms with Gasteiger partial charge in [0.2, 0.25) is 23.6 Å². The Morgan fingerprint density at radius 2 is 1.04 bits per heavy atom. The lowest BCUT2D eigenvalue weighted by molar-refractivity contribution is -0.141. The van der Waals surface area contributed by atoms with Gasteiger partial charge in [0.1, 0.15) is 43.0 Å². The molecule has 18 heteroatoms. The molecule has 0 heterocycles. The van der Waals surface area contributed by atoms with Crippen molar-refractivity contribution in [2.24, 2.45) is 11.8 Å². The second-order valence-electron chi connectivity index (χ2n) is 13.2. The summed E-state index contributed by atoms with van der Waals surface area (Å²) in [7, 11) is 3.01. The lowest BCUT2D eigenvalue weighted by Gasteiger charge is -2.24. The molecule has 0 aliphatic carbocycles. The molecule has 0 fully saturated rings. The molecule has 0 saturated heterocycles. The minimum Gasteiger partial charge on any atom is -0.496 e. The van der Waals surface area contributed by atoms with Gasteiger partial charge in [-0.1, -0.05) is 34.6 Å². The Hall–Kier alpha value is -3.95. The fourth-order valence-electron chi connectivity index (χ4n) is 5.17. The molecule has 0 aliphatic rings. The summed E-state index contributed by atoms with van der Waals surface area (Å²) >= 11 is 4.25. The van der Waals surface area contributed by atoms with E-state index in [0.717, 1.165) is 7.14 Å². The third kappa shape index (κ3) is 17.0. The van der Waals surface area contributed by atoms with Gasteiger partial charge in [0.05, 0.1) is 39.5 Å². The number of alkyl halides is 2. The first-order valence-electron chi connectivity index (χ1n) is 17.5. The number of aliphatic carboxylic acids is 1. The molecular formula is C38H50F2I2N4O10. The highest BCUT2D eigenvalue weighted by Crippen LogP contribution is 2.23. The summed E-state index contributed by atoms with van der Waals surface area (Å²) in [4.78, 5) is 84.0. The molecule has 2 rings (SSSR count). The number of carboxylic acid groups (broad SMARTS) is 1.